The van der Waals surface area contributed by atoms with Crippen LogP contribution in [0.2, 0.25) is 0 Å². The summed E-state index contributed by atoms with van der Waals surface area (Å²) < 4.78 is 10.9. The van der Waals surface area contributed by atoms with E-state index in [1.165, 1.54) is 23.1 Å². The molecule has 3 atom stereocenters. The Kier molecular flexibility index (Phi) is 3.96. The molecule has 0 aliphatic carbocycles. The number of benzene rings is 1. The normalized spacial score (nSPS) is 23.8. The Balaban J connectivity index is 2.22. The molecule has 1 aliphatic heterocycles. The van der Waals surface area contributed by atoms with E-state index in [2.05, 4.69) is 39.8 Å². The average molecular weight is 248 g/mol. The predicted molar refractivity (Wildman–Crippen MR) is 74.5 cm³/mol. The van der Waals surface area contributed by atoms with Crippen molar-refractivity contribution in [2.45, 2.75) is 58.7 Å². The van der Waals surface area contributed by atoms with Crippen molar-refractivity contribution in [2.75, 3.05) is 7.11 Å². The summed E-state index contributed by atoms with van der Waals surface area (Å²) in [4.78, 5) is 0. The van der Waals surface area contributed by atoms with Gasteiger partial charge in [-0.05, 0) is 62.3 Å². The first-order valence-corrected chi connectivity index (χ1v) is 6.88. The number of ether oxygens (including phenoxy) is 2. The second-order valence-corrected chi connectivity index (χ2v) is 5.33. The van der Waals surface area contributed by atoms with Crippen molar-refractivity contribution in [1.29, 1.82) is 0 Å². The largest absolute Gasteiger partial charge is 0.496 e. The molecule has 3 unspecified atom stereocenters. The Morgan fingerprint density at radius 2 is 1.94 bits per heavy atom. The second kappa shape index (κ2) is 5.31. The van der Waals surface area contributed by atoms with E-state index in [0.717, 1.165) is 12.2 Å². The van der Waals surface area contributed by atoms with E-state index in [-0.39, 0.29) is 0 Å². The average Bonchev–Trinajstić information content (AvgIpc) is 3.06. The van der Waals surface area contributed by atoms with Crippen LogP contribution in [0, 0.1) is 13.8 Å². The molecule has 1 aliphatic rings. The molecule has 1 heterocycles. The van der Waals surface area contributed by atoms with Gasteiger partial charge in [0.25, 0.3) is 0 Å². The van der Waals surface area contributed by atoms with Crippen LogP contribution in [0.1, 0.15) is 49.3 Å². The quantitative estimate of drug-likeness (QED) is 0.735. The van der Waals surface area contributed by atoms with E-state index in [1.807, 2.05) is 0 Å². The van der Waals surface area contributed by atoms with Crippen molar-refractivity contribution in [3.05, 3.63) is 28.8 Å². The van der Waals surface area contributed by atoms with E-state index in [9.17, 15) is 0 Å². The summed E-state index contributed by atoms with van der Waals surface area (Å²) in [5.74, 6) is 1.59. The Bertz CT molecular complexity index is 425. The highest BCUT2D eigenvalue weighted by Crippen LogP contribution is 2.37. The first-order valence-electron chi connectivity index (χ1n) is 6.88. The minimum absolute atomic E-state index is 0.457. The predicted octanol–water partition coefficient (Wildman–Crippen LogP) is 3.98. The van der Waals surface area contributed by atoms with Gasteiger partial charge in [-0.2, -0.15) is 0 Å². The van der Waals surface area contributed by atoms with Gasteiger partial charge in [-0.15, -0.1) is 0 Å². The van der Waals surface area contributed by atoms with Crippen molar-refractivity contribution in [3.8, 4) is 5.75 Å². The van der Waals surface area contributed by atoms with Crippen LogP contribution in [-0.4, -0.2) is 19.3 Å². The lowest BCUT2D eigenvalue weighted by Crippen LogP contribution is -2.06. The summed E-state index contributed by atoms with van der Waals surface area (Å²) in [6, 6.07) is 4.32. The van der Waals surface area contributed by atoms with E-state index in [4.69, 9.17) is 9.47 Å². The lowest BCUT2D eigenvalue weighted by molar-refractivity contribution is 0.357. The Morgan fingerprint density at radius 3 is 2.44 bits per heavy atom. The molecule has 1 saturated heterocycles. The van der Waals surface area contributed by atoms with Crippen LogP contribution in [0.25, 0.3) is 0 Å². The molecular formula is C16H24O2. The maximum Gasteiger partial charge on any atom is 0.122 e. The standard InChI is InChI=1S/C16H24O2/c1-6-13(9-16-12(4)18-16)14-7-8-15(17-5)11(3)10(14)2/h7-8,12-13,16H,6,9H2,1-5H3. The Hall–Kier alpha value is -1.02. The van der Waals surface area contributed by atoms with E-state index in [1.54, 1.807) is 7.11 Å². The fourth-order valence-corrected chi connectivity index (χ4v) is 2.75. The molecule has 0 spiro atoms. The van der Waals surface area contributed by atoms with Crippen molar-refractivity contribution in [2.24, 2.45) is 0 Å². The van der Waals surface area contributed by atoms with Gasteiger partial charge in [0.15, 0.2) is 0 Å². The summed E-state index contributed by atoms with van der Waals surface area (Å²) >= 11 is 0. The Morgan fingerprint density at radius 1 is 1.28 bits per heavy atom. The van der Waals surface area contributed by atoms with Gasteiger partial charge in [0.05, 0.1) is 19.3 Å². The van der Waals surface area contributed by atoms with Crippen LogP contribution < -0.4 is 4.74 Å². The summed E-state index contributed by atoms with van der Waals surface area (Å²) in [6.07, 6.45) is 3.24. The first kappa shape index (κ1) is 13.4. The lowest BCUT2D eigenvalue weighted by atomic mass is 9.86. The highest BCUT2D eigenvalue weighted by atomic mass is 16.6. The fourth-order valence-electron chi connectivity index (χ4n) is 2.75. The van der Waals surface area contributed by atoms with Crippen LogP contribution in [0.5, 0.6) is 5.75 Å². The molecular weight excluding hydrogens is 224 g/mol. The highest BCUT2D eigenvalue weighted by Gasteiger charge is 2.36. The first-order chi connectivity index (χ1) is 8.58. The van der Waals surface area contributed by atoms with Crippen LogP contribution in [-0.2, 0) is 4.74 Å². The van der Waals surface area contributed by atoms with Crippen molar-refractivity contribution in [3.63, 3.8) is 0 Å². The summed E-state index contributed by atoms with van der Waals surface area (Å²) in [5, 5.41) is 0. The van der Waals surface area contributed by atoms with Gasteiger partial charge in [0.2, 0.25) is 0 Å². The van der Waals surface area contributed by atoms with Crippen LogP contribution >= 0.6 is 0 Å². The van der Waals surface area contributed by atoms with E-state index < -0.39 is 0 Å². The fraction of sp³-hybridized carbons (Fsp3) is 0.625. The molecule has 18 heavy (non-hydrogen) atoms. The third-order valence-corrected chi connectivity index (χ3v) is 4.29. The molecule has 0 radical (unpaired) electrons. The van der Waals surface area contributed by atoms with Crippen molar-refractivity contribution < 1.29 is 9.47 Å². The summed E-state index contributed by atoms with van der Waals surface area (Å²) in [6.45, 7) is 8.76. The number of hydrogen-bond acceptors (Lipinski definition) is 2. The minimum atomic E-state index is 0.457. The molecule has 0 saturated carbocycles. The van der Waals surface area contributed by atoms with Crippen LogP contribution in [0.15, 0.2) is 12.1 Å². The van der Waals surface area contributed by atoms with Gasteiger partial charge in [-0.3, -0.25) is 0 Å². The highest BCUT2D eigenvalue weighted by molar-refractivity contribution is 5.45. The third-order valence-electron chi connectivity index (χ3n) is 4.29. The molecule has 2 heteroatoms. The van der Waals surface area contributed by atoms with Crippen LogP contribution in [0.4, 0.5) is 0 Å². The van der Waals surface area contributed by atoms with E-state index in [0.29, 0.717) is 18.1 Å². The molecule has 0 aromatic heterocycles. The molecule has 0 N–H and O–H groups in total. The molecule has 1 aromatic carbocycles. The molecule has 100 valence electrons. The lowest BCUT2D eigenvalue weighted by Gasteiger charge is -2.19. The van der Waals surface area contributed by atoms with Gasteiger partial charge < -0.3 is 9.47 Å². The van der Waals surface area contributed by atoms with Gasteiger partial charge >= 0.3 is 0 Å². The minimum Gasteiger partial charge on any atom is -0.496 e. The van der Waals surface area contributed by atoms with Crippen molar-refractivity contribution in [1.82, 2.24) is 0 Å². The molecule has 0 amide bonds. The smallest absolute Gasteiger partial charge is 0.122 e. The van der Waals surface area contributed by atoms with Crippen LogP contribution in [0.3, 0.4) is 0 Å². The maximum atomic E-state index is 5.56. The topological polar surface area (TPSA) is 21.8 Å². The summed E-state index contributed by atoms with van der Waals surface area (Å²) in [7, 11) is 1.73. The summed E-state index contributed by atoms with van der Waals surface area (Å²) in [5.41, 5.74) is 4.09. The zero-order valence-corrected chi connectivity index (χ0v) is 12.1. The third kappa shape index (κ3) is 2.54. The zero-order chi connectivity index (χ0) is 13.3. The number of epoxide rings is 1. The monoisotopic (exact) mass is 248 g/mol. The second-order valence-electron chi connectivity index (χ2n) is 5.33. The molecule has 1 aromatic rings. The molecule has 0 bridgehead atoms. The van der Waals surface area contributed by atoms with Gasteiger partial charge in [0, 0.05) is 0 Å². The number of hydrogen-bond donors (Lipinski definition) is 0. The SMILES string of the molecule is CCC(CC1OC1C)c1ccc(OC)c(C)c1C. The maximum absolute atomic E-state index is 5.56. The van der Waals surface area contributed by atoms with Gasteiger partial charge in [-0.25, -0.2) is 0 Å². The molecule has 1 fully saturated rings. The molecule has 2 nitrogen and oxygen atoms in total. The Labute approximate surface area is 110 Å². The molecule has 2 rings (SSSR count). The zero-order valence-electron chi connectivity index (χ0n) is 12.1. The number of rotatable bonds is 5. The van der Waals surface area contributed by atoms with Gasteiger partial charge in [0.1, 0.15) is 5.75 Å². The van der Waals surface area contributed by atoms with Gasteiger partial charge in [-0.1, -0.05) is 13.0 Å². The van der Waals surface area contributed by atoms with E-state index >= 15 is 0 Å². The number of methoxy groups -OCH3 is 1. The van der Waals surface area contributed by atoms with Crippen molar-refractivity contribution >= 4 is 0 Å².